The smallest absolute Gasteiger partial charge is 0.340 e. The Kier molecular flexibility index (Phi) is 3.48. The van der Waals surface area contributed by atoms with Gasteiger partial charge in [0.1, 0.15) is 18.4 Å². The number of halogens is 1. The predicted molar refractivity (Wildman–Crippen MR) is 53.9 cm³/mol. The van der Waals surface area contributed by atoms with Gasteiger partial charge in [0, 0.05) is 10.7 Å². The molecule has 14 heavy (non-hydrogen) atoms. The second-order valence-electron chi connectivity index (χ2n) is 2.51. The summed E-state index contributed by atoms with van der Waals surface area (Å²) in [6.45, 7) is 3.64. The molecule has 1 heterocycles. The molecule has 72 valence electrons. The maximum Gasteiger partial charge on any atom is 0.340 e. The van der Waals surface area contributed by atoms with Crippen molar-refractivity contribution in [3.63, 3.8) is 0 Å². The van der Waals surface area contributed by atoms with E-state index in [-0.39, 0.29) is 6.61 Å². The van der Waals surface area contributed by atoms with E-state index in [0.29, 0.717) is 15.7 Å². The number of nitriles is 1. The predicted octanol–water partition coefficient (Wildman–Crippen LogP) is 1.95. The van der Waals surface area contributed by atoms with Gasteiger partial charge in [0.05, 0.1) is 5.56 Å². The number of carbonyl (C=O) groups excluding carboxylic acids is 1. The van der Waals surface area contributed by atoms with Crippen LogP contribution in [0.25, 0.3) is 0 Å². The first kappa shape index (κ1) is 10.5. The van der Waals surface area contributed by atoms with Gasteiger partial charge >= 0.3 is 5.97 Å². The molecule has 0 aromatic carbocycles. The fourth-order valence-electron chi connectivity index (χ4n) is 0.804. The number of esters is 1. The normalized spacial score (nSPS) is 9.14. The molecule has 1 aromatic heterocycles. The van der Waals surface area contributed by atoms with Gasteiger partial charge in [0.2, 0.25) is 0 Å². The molecule has 1 N–H and O–H groups in total. The van der Waals surface area contributed by atoms with E-state index in [4.69, 9.17) is 10.00 Å². The Balaban J connectivity index is 2.62. The Labute approximate surface area is 89.3 Å². The lowest BCUT2D eigenvalue weighted by molar-refractivity contribution is 0.0547. The number of rotatable bonds is 3. The molecule has 0 radical (unpaired) electrons. The molecule has 0 fully saturated rings. The summed E-state index contributed by atoms with van der Waals surface area (Å²) in [7, 11) is 0. The van der Waals surface area contributed by atoms with E-state index in [1.807, 2.05) is 6.07 Å². The summed E-state index contributed by atoms with van der Waals surface area (Å²) >= 11 is 3.06. The quantitative estimate of drug-likeness (QED) is 0.839. The highest BCUT2D eigenvalue weighted by Gasteiger charge is 2.09. The summed E-state index contributed by atoms with van der Waals surface area (Å²) in [5.41, 5.74) is 0.657. The highest BCUT2D eigenvalue weighted by molar-refractivity contribution is 9.11. The van der Waals surface area contributed by atoms with E-state index in [0.717, 1.165) is 0 Å². The fraction of sp³-hybridized carbons (Fsp3) is 0.111. The third-order valence-electron chi connectivity index (χ3n) is 1.40. The van der Waals surface area contributed by atoms with Crippen LogP contribution in [0, 0.1) is 11.3 Å². The molecule has 0 unspecified atom stereocenters. The van der Waals surface area contributed by atoms with Gasteiger partial charge in [-0.05, 0) is 6.07 Å². The lowest BCUT2D eigenvalue weighted by atomic mass is 10.3. The molecule has 0 aliphatic carbocycles. The Morgan fingerprint density at radius 2 is 2.50 bits per heavy atom. The zero-order chi connectivity index (χ0) is 10.6. The van der Waals surface area contributed by atoms with Crippen molar-refractivity contribution >= 4 is 21.9 Å². The van der Waals surface area contributed by atoms with Gasteiger partial charge in [-0.1, -0.05) is 22.5 Å². The maximum atomic E-state index is 11.3. The van der Waals surface area contributed by atoms with Gasteiger partial charge in [-0.15, -0.1) is 0 Å². The van der Waals surface area contributed by atoms with Crippen molar-refractivity contribution in [1.29, 1.82) is 5.26 Å². The van der Waals surface area contributed by atoms with Gasteiger partial charge in [0.25, 0.3) is 0 Å². The van der Waals surface area contributed by atoms with E-state index in [2.05, 4.69) is 27.5 Å². The third kappa shape index (κ3) is 2.75. The minimum atomic E-state index is -0.483. The molecule has 1 aromatic rings. The highest BCUT2D eigenvalue weighted by atomic mass is 79.9. The van der Waals surface area contributed by atoms with E-state index < -0.39 is 5.97 Å². The average molecular weight is 255 g/mol. The molecular weight excluding hydrogens is 248 g/mol. The van der Waals surface area contributed by atoms with Crippen LogP contribution in [0.2, 0.25) is 0 Å². The van der Waals surface area contributed by atoms with Crippen LogP contribution in [-0.4, -0.2) is 17.6 Å². The number of hydrogen-bond acceptors (Lipinski definition) is 3. The molecule has 0 atom stereocenters. The molecule has 0 amide bonds. The third-order valence-corrected chi connectivity index (χ3v) is 1.63. The topological polar surface area (TPSA) is 65.9 Å². The Hall–Kier alpha value is -1.54. The van der Waals surface area contributed by atoms with E-state index in [9.17, 15) is 4.79 Å². The molecular formula is C9H7BrN2O2. The summed E-state index contributed by atoms with van der Waals surface area (Å²) in [6.07, 6.45) is 1.43. The molecule has 0 saturated carbocycles. The Bertz CT molecular complexity index is 403. The standard InChI is InChI=1S/C9H7BrN2O2/c1-6(10)5-14-9(13)7-2-8(3-11)12-4-7/h2,4,12H,1,5H2. The summed E-state index contributed by atoms with van der Waals surface area (Å²) in [5, 5.41) is 8.50. The van der Waals surface area contributed by atoms with E-state index >= 15 is 0 Å². The largest absolute Gasteiger partial charge is 0.457 e. The van der Waals surface area contributed by atoms with Crippen LogP contribution in [0.5, 0.6) is 0 Å². The molecule has 0 aliphatic rings. The molecule has 0 bridgehead atoms. The lowest BCUT2D eigenvalue weighted by Gasteiger charge is -2.00. The number of H-pyrrole nitrogens is 1. The molecule has 5 heteroatoms. The number of carbonyl (C=O) groups is 1. The maximum absolute atomic E-state index is 11.3. The van der Waals surface area contributed by atoms with Crippen LogP contribution >= 0.6 is 15.9 Å². The van der Waals surface area contributed by atoms with Crippen molar-refractivity contribution in [2.75, 3.05) is 6.61 Å². The van der Waals surface area contributed by atoms with Crippen molar-refractivity contribution < 1.29 is 9.53 Å². The van der Waals surface area contributed by atoms with Gasteiger partial charge in [-0.25, -0.2) is 4.79 Å². The summed E-state index contributed by atoms with van der Waals surface area (Å²) in [4.78, 5) is 13.9. The van der Waals surface area contributed by atoms with Crippen molar-refractivity contribution in [3.8, 4) is 6.07 Å². The van der Waals surface area contributed by atoms with Crippen molar-refractivity contribution in [3.05, 3.63) is 34.6 Å². The zero-order valence-corrected chi connectivity index (χ0v) is 8.80. The molecule has 1 rings (SSSR count). The monoisotopic (exact) mass is 254 g/mol. The minimum absolute atomic E-state index is 0.117. The van der Waals surface area contributed by atoms with Crippen LogP contribution in [0.1, 0.15) is 16.1 Å². The SMILES string of the molecule is C=C(Br)COC(=O)c1c[nH]c(C#N)c1. The lowest BCUT2D eigenvalue weighted by Crippen LogP contribution is -2.04. The van der Waals surface area contributed by atoms with Crippen LogP contribution < -0.4 is 0 Å². The average Bonchev–Trinajstić information content (AvgIpc) is 2.62. The Morgan fingerprint density at radius 1 is 1.79 bits per heavy atom. The van der Waals surface area contributed by atoms with Crippen molar-refractivity contribution in [2.24, 2.45) is 0 Å². The first-order valence-electron chi connectivity index (χ1n) is 3.72. The fourth-order valence-corrected chi connectivity index (χ4v) is 0.918. The number of aromatic nitrogens is 1. The first-order valence-corrected chi connectivity index (χ1v) is 4.51. The summed E-state index contributed by atoms with van der Waals surface area (Å²) in [5.74, 6) is -0.483. The zero-order valence-electron chi connectivity index (χ0n) is 7.21. The number of nitrogens with zero attached hydrogens (tertiary/aromatic N) is 1. The van der Waals surface area contributed by atoms with Crippen LogP contribution in [0.15, 0.2) is 23.3 Å². The van der Waals surface area contributed by atoms with E-state index in [1.165, 1.54) is 12.3 Å². The van der Waals surface area contributed by atoms with Gasteiger partial charge in [0.15, 0.2) is 0 Å². The number of hydrogen-bond donors (Lipinski definition) is 1. The van der Waals surface area contributed by atoms with Gasteiger partial charge < -0.3 is 9.72 Å². The molecule has 0 aliphatic heterocycles. The number of aromatic amines is 1. The summed E-state index contributed by atoms with van der Waals surface area (Å²) < 4.78 is 5.42. The van der Waals surface area contributed by atoms with Crippen molar-refractivity contribution in [1.82, 2.24) is 4.98 Å². The summed E-state index contributed by atoms with van der Waals surface area (Å²) in [6, 6.07) is 3.31. The van der Waals surface area contributed by atoms with Crippen LogP contribution in [-0.2, 0) is 4.74 Å². The minimum Gasteiger partial charge on any atom is -0.457 e. The second kappa shape index (κ2) is 4.63. The second-order valence-corrected chi connectivity index (χ2v) is 3.63. The number of ether oxygens (including phenoxy) is 1. The molecule has 0 spiro atoms. The van der Waals surface area contributed by atoms with Crippen molar-refractivity contribution in [2.45, 2.75) is 0 Å². The van der Waals surface area contributed by atoms with Crippen LogP contribution in [0.4, 0.5) is 0 Å². The first-order chi connectivity index (χ1) is 6.63. The Morgan fingerprint density at radius 3 is 3.00 bits per heavy atom. The van der Waals surface area contributed by atoms with Gasteiger partial charge in [-0.2, -0.15) is 5.26 Å². The van der Waals surface area contributed by atoms with Gasteiger partial charge in [-0.3, -0.25) is 0 Å². The van der Waals surface area contributed by atoms with E-state index in [1.54, 1.807) is 0 Å². The molecule has 4 nitrogen and oxygen atoms in total. The highest BCUT2D eigenvalue weighted by Crippen LogP contribution is 2.07. The molecule has 0 saturated heterocycles. The number of nitrogens with one attached hydrogen (secondary N) is 1. The van der Waals surface area contributed by atoms with Crippen LogP contribution in [0.3, 0.4) is 0 Å².